The maximum absolute atomic E-state index is 11.5. The Kier molecular flexibility index (Phi) is 12.6. The number of amides is 1. The number of carbonyl (C=O) groups excluding carboxylic acids is 1. The molecule has 2 unspecified atom stereocenters. The molecule has 2 atom stereocenters. The molecular weight excluding hydrogens is 412 g/mol. The Bertz CT molecular complexity index is 632. The fourth-order valence-corrected chi connectivity index (χ4v) is 2.87. The molecule has 1 aliphatic heterocycles. The lowest BCUT2D eigenvalue weighted by molar-refractivity contribution is -0.122. The number of hydroxylamine groups is 2. The predicted molar refractivity (Wildman–Crippen MR) is 122 cm³/mol. The van der Waals surface area contributed by atoms with Crippen LogP contribution in [0.2, 0.25) is 0 Å². The van der Waals surface area contributed by atoms with Gasteiger partial charge in [0, 0.05) is 13.0 Å². The zero-order valence-corrected chi connectivity index (χ0v) is 20.0. The highest BCUT2D eigenvalue weighted by atomic mass is 16.7. The molecule has 0 aliphatic carbocycles. The summed E-state index contributed by atoms with van der Waals surface area (Å²) in [5, 5.41) is 4.87. The third kappa shape index (κ3) is 11.2. The molecular formula is C24H40N2O6. The van der Waals surface area contributed by atoms with Gasteiger partial charge in [0.1, 0.15) is 12.4 Å². The van der Waals surface area contributed by atoms with Crippen LogP contribution in [0.5, 0.6) is 5.75 Å². The zero-order valence-electron chi connectivity index (χ0n) is 20.0. The average Bonchev–Trinajstić information content (AvgIpc) is 3.36. The third-order valence-electron chi connectivity index (χ3n) is 5.14. The molecule has 32 heavy (non-hydrogen) atoms. The standard InChI is InChI=1S/C24H40N2O6/c1-19(2)17-25-24(27)9-10-28-11-12-29-13-14-30-15-16-31-23-7-5-22(6-8-23)18-32-26-20(3)21(26)4/h5-8,19-21H,9-18H2,1-4H3,(H,25,27). The number of nitrogens with one attached hydrogen (secondary N) is 1. The topological polar surface area (TPSA) is 78.3 Å². The van der Waals surface area contributed by atoms with Crippen LogP contribution in [0.4, 0.5) is 0 Å². The highest BCUT2D eigenvalue weighted by molar-refractivity contribution is 5.75. The predicted octanol–water partition coefficient (Wildman–Crippen LogP) is 2.80. The first kappa shape index (κ1) is 26.5. The van der Waals surface area contributed by atoms with Gasteiger partial charge in [0.25, 0.3) is 0 Å². The Labute approximate surface area is 192 Å². The summed E-state index contributed by atoms with van der Waals surface area (Å²) in [6, 6.07) is 8.95. The first-order valence-corrected chi connectivity index (χ1v) is 11.6. The molecule has 0 spiro atoms. The molecule has 1 heterocycles. The molecule has 182 valence electrons. The first-order valence-electron chi connectivity index (χ1n) is 11.6. The summed E-state index contributed by atoms with van der Waals surface area (Å²) in [5.41, 5.74) is 1.12. The van der Waals surface area contributed by atoms with Gasteiger partial charge in [-0.1, -0.05) is 26.0 Å². The Morgan fingerprint density at radius 3 is 2.03 bits per heavy atom. The lowest BCUT2D eigenvalue weighted by Gasteiger charge is -2.09. The number of hydrogen-bond acceptors (Lipinski definition) is 7. The summed E-state index contributed by atoms with van der Waals surface area (Å²) in [7, 11) is 0. The lowest BCUT2D eigenvalue weighted by atomic mass is 10.2. The van der Waals surface area contributed by atoms with Crippen LogP contribution in [0.15, 0.2) is 24.3 Å². The van der Waals surface area contributed by atoms with Crippen LogP contribution in [-0.2, 0) is 30.4 Å². The Hall–Kier alpha value is -1.71. The van der Waals surface area contributed by atoms with E-state index in [4.69, 9.17) is 23.8 Å². The number of nitrogens with zero attached hydrogens (tertiary/aromatic N) is 1. The van der Waals surface area contributed by atoms with E-state index in [1.165, 1.54) is 0 Å². The summed E-state index contributed by atoms with van der Waals surface area (Å²) >= 11 is 0. The van der Waals surface area contributed by atoms with Gasteiger partial charge in [-0.05, 0) is 37.5 Å². The monoisotopic (exact) mass is 452 g/mol. The van der Waals surface area contributed by atoms with Crippen LogP contribution in [0.3, 0.4) is 0 Å². The van der Waals surface area contributed by atoms with E-state index >= 15 is 0 Å². The molecule has 1 saturated heterocycles. The number of hydrogen-bond donors (Lipinski definition) is 1. The van der Waals surface area contributed by atoms with Gasteiger partial charge in [-0.15, -0.1) is 0 Å². The summed E-state index contributed by atoms with van der Waals surface area (Å²) in [6.07, 6.45) is 0.378. The smallest absolute Gasteiger partial charge is 0.222 e. The number of rotatable bonds is 18. The van der Waals surface area contributed by atoms with Gasteiger partial charge in [0.2, 0.25) is 5.91 Å². The average molecular weight is 453 g/mol. The van der Waals surface area contributed by atoms with Crippen LogP contribution >= 0.6 is 0 Å². The molecule has 0 aromatic heterocycles. The van der Waals surface area contributed by atoms with Crippen LogP contribution in [0.25, 0.3) is 0 Å². The second kappa shape index (κ2) is 15.2. The minimum Gasteiger partial charge on any atom is -0.491 e. The van der Waals surface area contributed by atoms with Gasteiger partial charge in [-0.3, -0.25) is 9.63 Å². The van der Waals surface area contributed by atoms with Gasteiger partial charge >= 0.3 is 0 Å². The van der Waals surface area contributed by atoms with Gasteiger partial charge in [-0.2, -0.15) is 5.06 Å². The van der Waals surface area contributed by atoms with Crippen molar-refractivity contribution in [1.82, 2.24) is 10.4 Å². The molecule has 1 aromatic rings. The maximum Gasteiger partial charge on any atom is 0.222 e. The number of carbonyl (C=O) groups is 1. The summed E-state index contributed by atoms with van der Waals surface area (Å²) in [5.74, 6) is 1.30. The van der Waals surface area contributed by atoms with Crippen LogP contribution < -0.4 is 10.1 Å². The highest BCUT2D eigenvalue weighted by Gasteiger charge is 2.41. The lowest BCUT2D eigenvalue weighted by Crippen LogP contribution is -2.28. The van der Waals surface area contributed by atoms with Crippen molar-refractivity contribution in [3.63, 3.8) is 0 Å². The molecule has 1 aromatic carbocycles. The van der Waals surface area contributed by atoms with Crippen molar-refractivity contribution >= 4 is 5.91 Å². The van der Waals surface area contributed by atoms with Crippen molar-refractivity contribution in [1.29, 1.82) is 0 Å². The fourth-order valence-electron chi connectivity index (χ4n) is 2.87. The summed E-state index contributed by atoms with van der Waals surface area (Å²) < 4.78 is 22.0. The van der Waals surface area contributed by atoms with Crippen molar-refractivity contribution in [2.24, 2.45) is 5.92 Å². The molecule has 8 heteroatoms. The van der Waals surface area contributed by atoms with Gasteiger partial charge in [0.15, 0.2) is 0 Å². The van der Waals surface area contributed by atoms with E-state index in [0.29, 0.717) is 83.8 Å². The van der Waals surface area contributed by atoms with Crippen molar-refractivity contribution in [3.05, 3.63) is 29.8 Å². The molecule has 0 bridgehead atoms. The van der Waals surface area contributed by atoms with E-state index in [1.54, 1.807) is 0 Å². The second-order valence-electron chi connectivity index (χ2n) is 8.39. The molecule has 0 saturated carbocycles. The zero-order chi connectivity index (χ0) is 23.2. The summed E-state index contributed by atoms with van der Waals surface area (Å²) in [6.45, 7) is 13.1. The third-order valence-corrected chi connectivity index (χ3v) is 5.14. The van der Waals surface area contributed by atoms with E-state index in [1.807, 2.05) is 29.3 Å². The van der Waals surface area contributed by atoms with Gasteiger partial charge in [0.05, 0.1) is 58.3 Å². The van der Waals surface area contributed by atoms with Crippen molar-refractivity contribution < 1.29 is 28.6 Å². The largest absolute Gasteiger partial charge is 0.491 e. The van der Waals surface area contributed by atoms with Crippen LogP contribution in [0, 0.1) is 5.92 Å². The number of ether oxygens (including phenoxy) is 4. The van der Waals surface area contributed by atoms with Crippen LogP contribution in [-0.4, -0.2) is 75.8 Å². The Morgan fingerprint density at radius 2 is 1.47 bits per heavy atom. The van der Waals surface area contributed by atoms with E-state index < -0.39 is 0 Å². The van der Waals surface area contributed by atoms with Crippen LogP contribution in [0.1, 0.15) is 39.7 Å². The summed E-state index contributed by atoms with van der Waals surface area (Å²) in [4.78, 5) is 17.3. The van der Waals surface area contributed by atoms with Crippen molar-refractivity contribution in [2.45, 2.75) is 52.8 Å². The van der Waals surface area contributed by atoms with E-state index in [-0.39, 0.29) is 5.91 Å². The van der Waals surface area contributed by atoms with E-state index in [9.17, 15) is 4.79 Å². The Balaban J connectivity index is 1.35. The number of benzene rings is 1. The van der Waals surface area contributed by atoms with Gasteiger partial charge in [-0.25, -0.2) is 0 Å². The molecule has 0 radical (unpaired) electrons. The van der Waals surface area contributed by atoms with E-state index in [2.05, 4.69) is 33.0 Å². The highest BCUT2D eigenvalue weighted by Crippen LogP contribution is 2.28. The molecule has 1 fully saturated rings. The molecule has 1 N–H and O–H groups in total. The second-order valence-corrected chi connectivity index (χ2v) is 8.39. The molecule has 1 aliphatic rings. The fraction of sp³-hybridized carbons (Fsp3) is 0.708. The molecule has 2 rings (SSSR count). The van der Waals surface area contributed by atoms with Crippen molar-refractivity contribution in [3.8, 4) is 5.75 Å². The molecule has 1 amide bonds. The Morgan fingerprint density at radius 1 is 0.906 bits per heavy atom. The minimum absolute atomic E-state index is 0.0244. The first-order chi connectivity index (χ1) is 15.5. The van der Waals surface area contributed by atoms with Gasteiger partial charge < -0.3 is 24.3 Å². The normalized spacial score (nSPS) is 19.8. The molecule has 8 nitrogen and oxygen atoms in total. The van der Waals surface area contributed by atoms with Crippen molar-refractivity contribution in [2.75, 3.05) is 52.8 Å². The minimum atomic E-state index is 0.0244. The SMILES string of the molecule is CC(C)CNC(=O)CCOCCOCCOCCOc1ccc(CON2C(C)C2C)cc1. The van der Waals surface area contributed by atoms with E-state index in [0.717, 1.165) is 11.3 Å². The quantitative estimate of drug-likeness (QED) is 0.271. The maximum atomic E-state index is 11.5.